The van der Waals surface area contributed by atoms with Crippen molar-refractivity contribution in [3.05, 3.63) is 35.9 Å². The summed E-state index contributed by atoms with van der Waals surface area (Å²) in [6.45, 7) is 4.30. The van der Waals surface area contributed by atoms with Crippen molar-refractivity contribution < 1.29 is 19.7 Å². The van der Waals surface area contributed by atoms with E-state index < -0.39 is 12.0 Å². The topological polar surface area (TPSA) is 70.0 Å². The number of carbonyl (C=O) groups is 1. The number of hydrogen-bond donors (Lipinski definition) is 2. The molecule has 1 saturated carbocycles. The van der Waals surface area contributed by atoms with Crippen LogP contribution in [0.25, 0.3) is 0 Å². The van der Waals surface area contributed by atoms with Gasteiger partial charge < -0.3 is 14.9 Å². The fourth-order valence-electron chi connectivity index (χ4n) is 4.52. The number of phenols is 1. The summed E-state index contributed by atoms with van der Waals surface area (Å²) in [5.74, 6) is 0.325. The molecule has 136 valence electrons. The third-order valence-electron chi connectivity index (χ3n) is 5.67. The molecule has 1 saturated heterocycles. The lowest BCUT2D eigenvalue weighted by atomic mass is 9.84. The summed E-state index contributed by atoms with van der Waals surface area (Å²) in [5, 5.41) is 19.9. The molecule has 1 aromatic carbocycles. The molecule has 3 unspecified atom stereocenters. The molecule has 0 aromatic heterocycles. The normalized spacial score (nSPS) is 26.2. The maximum Gasteiger partial charge on any atom is 0.320 e. The van der Waals surface area contributed by atoms with Gasteiger partial charge in [-0.25, -0.2) is 0 Å². The Bertz CT molecular complexity index is 657. The summed E-state index contributed by atoms with van der Waals surface area (Å²) in [6.07, 6.45) is 7.61. The van der Waals surface area contributed by atoms with E-state index in [2.05, 4.69) is 11.5 Å². The Balaban J connectivity index is 1.89. The highest BCUT2D eigenvalue weighted by atomic mass is 16.5. The van der Waals surface area contributed by atoms with Crippen LogP contribution in [0.15, 0.2) is 24.8 Å². The van der Waals surface area contributed by atoms with Gasteiger partial charge in [-0.3, -0.25) is 9.69 Å². The number of rotatable bonds is 6. The van der Waals surface area contributed by atoms with Gasteiger partial charge in [-0.2, -0.15) is 0 Å². The number of allylic oxidation sites excluding steroid dienone is 1. The number of phenolic OH excluding ortho intramolecular Hbond substituents is 1. The molecule has 3 atom stereocenters. The zero-order valence-corrected chi connectivity index (χ0v) is 14.8. The van der Waals surface area contributed by atoms with Crippen molar-refractivity contribution in [1.82, 2.24) is 4.90 Å². The number of fused-ring (bicyclic) bond motifs is 1. The molecule has 2 aliphatic rings. The van der Waals surface area contributed by atoms with Crippen molar-refractivity contribution in [3.8, 4) is 11.5 Å². The van der Waals surface area contributed by atoms with Crippen molar-refractivity contribution in [2.45, 2.75) is 57.2 Å². The van der Waals surface area contributed by atoms with Crippen LogP contribution in [0.4, 0.5) is 0 Å². The molecule has 0 radical (unpaired) electrons. The number of hydrogen-bond acceptors (Lipinski definition) is 4. The number of carboxylic acid groups (broad SMARTS) is 1. The summed E-state index contributed by atoms with van der Waals surface area (Å²) in [7, 11) is 1.53. The summed E-state index contributed by atoms with van der Waals surface area (Å²) in [4.78, 5) is 13.9. The standard InChI is InChI=1S/C20H27NO4/c1-3-6-15-9-13(10-18(25-2)19(15)22)12-21-16-8-5-4-7-14(16)11-17(21)20(23)24/h3,9-10,14,16-17,22H,1,4-8,11-12H2,2H3,(H,23,24). The van der Waals surface area contributed by atoms with Gasteiger partial charge in [-0.15, -0.1) is 6.58 Å². The Kier molecular flexibility index (Phi) is 5.33. The second-order valence-electron chi connectivity index (χ2n) is 7.17. The number of methoxy groups -OCH3 is 1. The Morgan fingerprint density at radius 2 is 2.16 bits per heavy atom. The molecule has 25 heavy (non-hydrogen) atoms. The number of ether oxygens (including phenoxy) is 1. The Morgan fingerprint density at radius 1 is 1.40 bits per heavy atom. The molecular formula is C20H27NO4. The zero-order valence-electron chi connectivity index (χ0n) is 14.8. The molecule has 0 bridgehead atoms. The first-order valence-electron chi connectivity index (χ1n) is 9.03. The van der Waals surface area contributed by atoms with Crippen LogP contribution < -0.4 is 4.74 Å². The zero-order chi connectivity index (χ0) is 18.0. The summed E-state index contributed by atoms with van der Waals surface area (Å²) in [6, 6.07) is 3.68. The van der Waals surface area contributed by atoms with Crippen LogP contribution >= 0.6 is 0 Å². The van der Waals surface area contributed by atoms with Crippen LogP contribution in [0.5, 0.6) is 11.5 Å². The highest BCUT2D eigenvalue weighted by Crippen LogP contribution is 2.41. The van der Waals surface area contributed by atoms with Gasteiger partial charge >= 0.3 is 5.97 Å². The largest absolute Gasteiger partial charge is 0.504 e. The van der Waals surface area contributed by atoms with Crippen molar-refractivity contribution >= 4 is 5.97 Å². The van der Waals surface area contributed by atoms with Crippen LogP contribution in [0, 0.1) is 5.92 Å². The van der Waals surface area contributed by atoms with Crippen LogP contribution in [0.1, 0.15) is 43.2 Å². The third-order valence-corrected chi connectivity index (χ3v) is 5.67. The minimum atomic E-state index is -0.730. The molecule has 5 nitrogen and oxygen atoms in total. The SMILES string of the molecule is C=CCc1cc(CN2C(C(=O)O)CC3CCCCC32)cc(OC)c1O. The van der Waals surface area contributed by atoms with E-state index in [9.17, 15) is 15.0 Å². The second kappa shape index (κ2) is 7.48. The summed E-state index contributed by atoms with van der Waals surface area (Å²) in [5.41, 5.74) is 1.74. The smallest absolute Gasteiger partial charge is 0.320 e. The molecular weight excluding hydrogens is 318 g/mol. The van der Waals surface area contributed by atoms with E-state index in [-0.39, 0.29) is 5.75 Å². The Morgan fingerprint density at radius 3 is 2.84 bits per heavy atom. The number of aliphatic carboxylic acids is 1. The predicted octanol–water partition coefficient (Wildman–Crippen LogP) is 3.35. The van der Waals surface area contributed by atoms with E-state index in [1.165, 1.54) is 20.0 Å². The lowest BCUT2D eigenvalue weighted by Gasteiger charge is -2.33. The van der Waals surface area contributed by atoms with E-state index in [0.29, 0.717) is 30.7 Å². The molecule has 2 fully saturated rings. The maximum atomic E-state index is 11.8. The monoisotopic (exact) mass is 345 g/mol. The molecule has 3 rings (SSSR count). The molecule has 1 aliphatic carbocycles. The van der Waals surface area contributed by atoms with Crippen LogP contribution in [0.2, 0.25) is 0 Å². The molecule has 0 spiro atoms. The highest BCUT2D eigenvalue weighted by Gasteiger charge is 2.45. The van der Waals surface area contributed by atoms with E-state index in [1.807, 2.05) is 12.1 Å². The summed E-state index contributed by atoms with van der Waals surface area (Å²) >= 11 is 0. The highest BCUT2D eigenvalue weighted by molar-refractivity contribution is 5.74. The van der Waals surface area contributed by atoms with E-state index in [4.69, 9.17) is 4.74 Å². The second-order valence-corrected chi connectivity index (χ2v) is 7.17. The van der Waals surface area contributed by atoms with Crippen molar-refractivity contribution in [1.29, 1.82) is 0 Å². The van der Waals surface area contributed by atoms with Gasteiger partial charge in [0.05, 0.1) is 7.11 Å². The molecule has 1 heterocycles. The molecule has 0 amide bonds. The van der Waals surface area contributed by atoms with Crippen molar-refractivity contribution in [3.63, 3.8) is 0 Å². The summed E-state index contributed by atoms with van der Waals surface area (Å²) < 4.78 is 5.30. The van der Waals surface area contributed by atoms with Crippen LogP contribution in [0.3, 0.4) is 0 Å². The molecule has 1 aromatic rings. The van der Waals surface area contributed by atoms with Gasteiger partial charge in [0.1, 0.15) is 6.04 Å². The number of nitrogens with zero attached hydrogens (tertiary/aromatic N) is 1. The van der Waals surface area contributed by atoms with Crippen molar-refractivity contribution in [2.24, 2.45) is 5.92 Å². The van der Waals surface area contributed by atoms with Gasteiger partial charge in [0, 0.05) is 18.2 Å². The third kappa shape index (κ3) is 3.52. The van der Waals surface area contributed by atoms with Gasteiger partial charge in [-0.05, 0) is 43.2 Å². The Labute approximate surface area is 148 Å². The van der Waals surface area contributed by atoms with Crippen molar-refractivity contribution in [2.75, 3.05) is 7.11 Å². The average molecular weight is 345 g/mol. The first-order chi connectivity index (χ1) is 12.0. The lowest BCUT2D eigenvalue weighted by molar-refractivity contribution is -0.142. The number of carboxylic acids is 1. The van der Waals surface area contributed by atoms with Gasteiger partial charge in [-0.1, -0.05) is 25.0 Å². The first-order valence-corrected chi connectivity index (χ1v) is 9.03. The predicted molar refractivity (Wildman–Crippen MR) is 95.9 cm³/mol. The molecule has 2 N–H and O–H groups in total. The van der Waals surface area contributed by atoms with Gasteiger partial charge in [0.25, 0.3) is 0 Å². The van der Waals surface area contributed by atoms with E-state index in [1.54, 1.807) is 6.08 Å². The van der Waals surface area contributed by atoms with Gasteiger partial charge in [0.15, 0.2) is 11.5 Å². The fraction of sp³-hybridized carbons (Fsp3) is 0.550. The quantitative estimate of drug-likeness (QED) is 0.774. The molecule has 1 aliphatic heterocycles. The minimum Gasteiger partial charge on any atom is -0.504 e. The number of aromatic hydroxyl groups is 1. The maximum absolute atomic E-state index is 11.8. The number of benzene rings is 1. The van der Waals surface area contributed by atoms with E-state index in [0.717, 1.165) is 30.4 Å². The van der Waals surface area contributed by atoms with Gasteiger partial charge in [0.2, 0.25) is 0 Å². The van der Waals surface area contributed by atoms with E-state index >= 15 is 0 Å². The first kappa shape index (κ1) is 17.8. The van der Waals surface area contributed by atoms with Crippen LogP contribution in [-0.4, -0.2) is 40.3 Å². The number of likely N-dealkylation sites (tertiary alicyclic amines) is 1. The lowest BCUT2D eigenvalue weighted by Crippen LogP contribution is -2.41. The molecule has 5 heteroatoms. The minimum absolute atomic E-state index is 0.137. The van der Waals surface area contributed by atoms with Crippen LogP contribution in [-0.2, 0) is 17.8 Å². The Hall–Kier alpha value is -2.01. The fourth-order valence-corrected chi connectivity index (χ4v) is 4.52. The average Bonchev–Trinajstić information content (AvgIpc) is 2.97.